The van der Waals surface area contributed by atoms with Crippen molar-refractivity contribution >= 4 is 11.8 Å². The minimum Gasteiger partial charge on any atom is -0.354 e. The largest absolute Gasteiger partial charge is 0.354 e. The van der Waals surface area contributed by atoms with E-state index in [1.165, 1.54) is 6.42 Å². The van der Waals surface area contributed by atoms with Crippen molar-refractivity contribution in [3.63, 3.8) is 0 Å². The van der Waals surface area contributed by atoms with Gasteiger partial charge in [-0.05, 0) is 56.3 Å². The molecule has 2 aliphatic heterocycles. The molecule has 3 heterocycles. The summed E-state index contributed by atoms with van der Waals surface area (Å²) in [7, 11) is 0. The minimum absolute atomic E-state index is 0.0513. The van der Waals surface area contributed by atoms with Gasteiger partial charge in [-0.25, -0.2) is 9.67 Å². The molecule has 5 rings (SSSR count). The van der Waals surface area contributed by atoms with Gasteiger partial charge in [-0.3, -0.25) is 9.59 Å². The molecule has 2 saturated carbocycles. The molecule has 3 atom stereocenters. The number of aryl methyl sites for hydroxylation is 1. The number of amides is 2. The molecule has 1 saturated heterocycles. The number of likely N-dealkylation sites (tertiary alicyclic amines) is 1. The number of hydrogen-bond donors (Lipinski definition) is 1. The van der Waals surface area contributed by atoms with Crippen molar-refractivity contribution in [3.8, 4) is 0 Å². The second-order valence-electron chi connectivity index (χ2n) is 9.45. The zero-order valence-corrected chi connectivity index (χ0v) is 16.1. The first-order chi connectivity index (χ1) is 13.0. The average Bonchev–Trinajstić information content (AvgIpc) is 3.00. The molecule has 1 N–H and O–H groups in total. The highest BCUT2D eigenvalue weighted by Crippen LogP contribution is 2.68. The van der Waals surface area contributed by atoms with Gasteiger partial charge in [0.1, 0.15) is 18.2 Å². The summed E-state index contributed by atoms with van der Waals surface area (Å²) in [5, 5.41) is 7.41. The van der Waals surface area contributed by atoms with Crippen LogP contribution in [0.3, 0.4) is 0 Å². The molecule has 2 amide bonds. The maximum atomic E-state index is 12.8. The molecular weight excluding hydrogens is 342 g/mol. The monoisotopic (exact) mass is 371 g/mol. The fourth-order valence-corrected chi connectivity index (χ4v) is 5.34. The highest BCUT2D eigenvalue weighted by Gasteiger charge is 2.67. The molecule has 0 spiro atoms. The van der Waals surface area contributed by atoms with Crippen molar-refractivity contribution in [1.29, 1.82) is 0 Å². The molecule has 2 aliphatic carbocycles. The molecule has 0 aromatic carbocycles. The van der Waals surface area contributed by atoms with E-state index in [0.29, 0.717) is 18.4 Å². The Kier molecular flexibility index (Phi) is 3.85. The third kappa shape index (κ3) is 2.77. The standard InChI is InChI=1S/C20H29N5O2/c1-19(7-9-24(10-8-19)18(27)20-6-5-14(20)11-20)12-21-17(26)15-3-2-4-16-22-13-23-25(15)16/h13-15H,2-12H2,1H3,(H,21,26). The fraction of sp³-hybridized carbons (Fsp3) is 0.800. The maximum absolute atomic E-state index is 12.8. The van der Waals surface area contributed by atoms with Crippen molar-refractivity contribution in [2.75, 3.05) is 19.6 Å². The highest BCUT2D eigenvalue weighted by molar-refractivity contribution is 5.87. The quantitative estimate of drug-likeness (QED) is 0.874. The molecule has 1 aromatic rings. The summed E-state index contributed by atoms with van der Waals surface area (Å²) in [6, 6.07) is -0.231. The number of fused-ring (bicyclic) bond motifs is 2. The van der Waals surface area contributed by atoms with E-state index in [1.807, 2.05) is 0 Å². The number of piperidine rings is 1. The lowest BCUT2D eigenvalue weighted by Gasteiger charge is -2.42. The summed E-state index contributed by atoms with van der Waals surface area (Å²) in [5.74, 6) is 2.06. The van der Waals surface area contributed by atoms with Crippen molar-refractivity contribution in [2.45, 2.75) is 64.3 Å². The van der Waals surface area contributed by atoms with Gasteiger partial charge in [0.25, 0.3) is 0 Å². The number of aromatic nitrogens is 3. The number of nitrogens with zero attached hydrogens (tertiary/aromatic N) is 4. The molecule has 0 radical (unpaired) electrons. The zero-order valence-electron chi connectivity index (χ0n) is 16.1. The van der Waals surface area contributed by atoms with Gasteiger partial charge in [0.2, 0.25) is 11.8 Å². The molecule has 3 unspecified atom stereocenters. The van der Waals surface area contributed by atoms with E-state index in [1.54, 1.807) is 11.0 Å². The summed E-state index contributed by atoms with van der Waals surface area (Å²) in [4.78, 5) is 31.8. The lowest BCUT2D eigenvalue weighted by atomic mass is 9.78. The maximum Gasteiger partial charge on any atom is 0.244 e. The number of carbonyl (C=O) groups is 2. The first-order valence-corrected chi connectivity index (χ1v) is 10.5. The Balaban J connectivity index is 1.14. The number of rotatable bonds is 4. The lowest BCUT2D eigenvalue weighted by Crippen LogP contribution is -2.50. The van der Waals surface area contributed by atoms with Crippen LogP contribution in [0.25, 0.3) is 0 Å². The molecular formula is C20H29N5O2. The van der Waals surface area contributed by atoms with Gasteiger partial charge >= 0.3 is 0 Å². The van der Waals surface area contributed by atoms with Gasteiger partial charge in [0.15, 0.2) is 0 Å². The Morgan fingerprint density at radius 1 is 1.26 bits per heavy atom. The number of nitrogens with one attached hydrogen (secondary N) is 1. The van der Waals surface area contributed by atoms with Crippen LogP contribution in [0.15, 0.2) is 6.33 Å². The molecule has 146 valence electrons. The third-order valence-corrected chi connectivity index (χ3v) is 7.67. The van der Waals surface area contributed by atoms with E-state index < -0.39 is 0 Å². The van der Waals surface area contributed by atoms with E-state index in [2.05, 4.69) is 27.2 Å². The smallest absolute Gasteiger partial charge is 0.244 e. The van der Waals surface area contributed by atoms with E-state index >= 15 is 0 Å². The predicted molar refractivity (Wildman–Crippen MR) is 98.7 cm³/mol. The second-order valence-corrected chi connectivity index (χ2v) is 9.45. The van der Waals surface area contributed by atoms with Crippen LogP contribution < -0.4 is 5.32 Å². The van der Waals surface area contributed by atoms with Gasteiger partial charge < -0.3 is 10.2 Å². The van der Waals surface area contributed by atoms with E-state index in [4.69, 9.17) is 0 Å². The summed E-state index contributed by atoms with van der Waals surface area (Å²) < 4.78 is 1.78. The van der Waals surface area contributed by atoms with E-state index in [-0.39, 0.29) is 22.8 Å². The van der Waals surface area contributed by atoms with Gasteiger partial charge in [-0.15, -0.1) is 0 Å². The van der Waals surface area contributed by atoms with Crippen LogP contribution in [0.4, 0.5) is 0 Å². The van der Waals surface area contributed by atoms with Crippen molar-refractivity contribution in [3.05, 3.63) is 12.2 Å². The number of carbonyl (C=O) groups excluding carboxylic acids is 2. The molecule has 0 bridgehead atoms. The Morgan fingerprint density at radius 3 is 2.74 bits per heavy atom. The second kappa shape index (κ2) is 6.04. The molecule has 7 nitrogen and oxygen atoms in total. The Labute approximate surface area is 159 Å². The minimum atomic E-state index is -0.231. The molecule has 4 aliphatic rings. The topological polar surface area (TPSA) is 80.1 Å². The number of hydrogen-bond acceptors (Lipinski definition) is 4. The molecule has 3 fully saturated rings. The van der Waals surface area contributed by atoms with Gasteiger partial charge in [-0.1, -0.05) is 6.92 Å². The summed E-state index contributed by atoms with van der Waals surface area (Å²) in [6.45, 7) is 4.56. The summed E-state index contributed by atoms with van der Waals surface area (Å²) in [5.41, 5.74) is 0.116. The SMILES string of the molecule is CC1(CNC(=O)C2CCCc3ncnn32)CCN(C(=O)C23CCC2C3)CC1. The Morgan fingerprint density at radius 2 is 2.07 bits per heavy atom. The van der Waals surface area contributed by atoms with Gasteiger partial charge in [0, 0.05) is 26.1 Å². The van der Waals surface area contributed by atoms with Crippen LogP contribution in [-0.4, -0.2) is 51.1 Å². The lowest BCUT2D eigenvalue weighted by molar-refractivity contribution is -0.142. The Bertz CT molecular complexity index is 762. The first kappa shape index (κ1) is 17.2. The fourth-order valence-electron chi connectivity index (χ4n) is 5.34. The molecule has 7 heteroatoms. The van der Waals surface area contributed by atoms with Crippen LogP contribution in [-0.2, 0) is 16.0 Å². The normalized spacial score (nSPS) is 33.4. The van der Waals surface area contributed by atoms with Gasteiger partial charge in [-0.2, -0.15) is 5.10 Å². The van der Waals surface area contributed by atoms with Crippen LogP contribution in [0.1, 0.15) is 63.7 Å². The predicted octanol–water partition coefficient (Wildman–Crippen LogP) is 1.70. The van der Waals surface area contributed by atoms with E-state index in [9.17, 15) is 9.59 Å². The van der Waals surface area contributed by atoms with Crippen LogP contribution >= 0.6 is 0 Å². The summed E-state index contributed by atoms with van der Waals surface area (Å²) >= 11 is 0. The zero-order chi connectivity index (χ0) is 18.6. The first-order valence-electron chi connectivity index (χ1n) is 10.5. The Hall–Kier alpha value is -1.92. The van der Waals surface area contributed by atoms with Gasteiger partial charge in [0.05, 0.1) is 5.41 Å². The third-order valence-electron chi connectivity index (χ3n) is 7.67. The van der Waals surface area contributed by atoms with Crippen molar-refractivity contribution < 1.29 is 9.59 Å². The van der Waals surface area contributed by atoms with Crippen LogP contribution in [0.5, 0.6) is 0 Å². The van der Waals surface area contributed by atoms with Crippen molar-refractivity contribution in [2.24, 2.45) is 16.7 Å². The molecule has 1 aromatic heterocycles. The van der Waals surface area contributed by atoms with E-state index in [0.717, 1.165) is 63.9 Å². The van der Waals surface area contributed by atoms with Crippen LogP contribution in [0, 0.1) is 16.7 Å². The van der Waals surface area contributed by atoms with Crippen molar-refractivity contribution in [1.82, 2.24) is 25.0 Å². The average molecular weight is 371 g/mol. The highest BCUT2D eigenvalue weighted by atomic mass is 16.2. The summed E-state index contributed by atoms with van der Waals surface area (Å²) in [6.07, 6.45) is 9.64. The molecule has 27 heavy (non-hydrogen) atoms. The van der Waals surface area contributed by atoms with Crippen LogP contribution in [0.2, 0.25) is 0 Å².